The van der Waals surface area contributed by atoms with E-state index in [2.05, 4.69) is 5.10 Å². The molecular weight excluding hydrogens is 234 g/mol. The zero-order valence-electron chi connectivity index (χ0n) is 10.2. The van der Waals surface area contributed by atoms with E-state index in [-0.39, 0.29) is 5.91 Å². The number of carbonyl (C=O) groups is 1. The molecule has 2 N–H and O–H groups in total. The average Bonchev–Trinajstić information content (AvgIpc) is 2.82. The molecule has 0 radical (unpaired) electrons. The van der Waals surface area contributed by atoms with E-state index in [9.17, 15) is 4.79 Å². The number of nitrogens with two attached hydrogens (primary N) is 1. The number of hydrogen-bond donors (Lipinski definition) is 1. The lowest BCUT2D eigenvalue weighted by Gasteiger charge is -2.02. The molecule has 0 saturated heterocycles. The third-order valence-corrected chi connectivity index (χ3v) is 3.90. The highest BCUT2D eigenvalue weighted by Crippen LogP contribution is 2.19. The van der Waals surface area contributed by atoms with Gasteiger partial charge in [-0.1, -0.05) is 0 Å². The molecule has 0 aliphatic rings. The topological polar surface area (TPSA) is 60.9 Å². The van der Waals surface area contributed by atoms with Gasteiger partial charge in [-0.15, -0.1) is 11.3 Å². The molecule has 4 nitrogen and oxygen atoms in total. The number of aromatic nitrogens is 2. The zero-order valence-corrected chi connectivity index (χ0v) is 11.0. The maximum atomic E-state index is 12.3. The molecule has 90 valence electrons. The summed E-state index contributed by atoms with van der Waals surface area (Å²) in [6.07, 6.45) is 0. The van der Waals surface area contributed by atoms with Crippen LogP contribution >= 0.6 is 11.3 Å². The summed E-state index contributed by atoms with van der Waals surface area (Å²) in [7, 11) is 0. The van der Waals surface area contributed by atoms with Crippen molar-refractivity contribution >= 4 is 17.2 Å². The Morgan fingerprint density at radius 1 is 1.47 bits per heavy atom. The highest BCUT2D eigenvalue weighted by Gasteiger charge is 2.19. The minimum atomic E-state index is -0.0715. The Kier molecular flexibility index (Phi) is 3.13. The molecule has 0 aliphatic carbocycles. The first kappa shape index (κ1) is 12.0. The van der Waals surface area contributed by atoms with E-state index in [1.54, 1.807) is 0 Å². The summed E-state index contributed by atoms with van der Waals surface area (Å²) in [5, 5.41) is 6.19. The molecular formula is C12H15N3OS. The maximum Gasteiger partial charge on any atom is 0.288 e. The van der Waals surface area contributed by atoms with Crippen LogP contribution in [0.25, 0.3) is 0 Å². The van der Waals surface area contributed by atoms with Gasteiger partial charge in [0.25, 0.3) is 5.91 Å². The fraction of sp³-hybridized carbons (Fsp3) is 0.333. The van der Waals surface area contributed by atoms with Crippen LogP contribution in [0.2, 0.25) is 0 Å². The van der Waals surface area contributed by atoms with E-state index in [0.717, 1.165) is 27.4 Å². The predicted molar refractivity (Wildman–Crippen MR) is 68.4 cm³/mol. The van der Waals surface area contributed by atoms with Crippen molar-refractivity contribution in [1.82, 2.24) is 9.78 Å². The molecule has 0 aliphatic heterocycles. The minimum Gasteiger partial charge on any atom is -0.326 e. The van der Waals surface area contributed by atoms with Gasteiger partial charge < -0.3 is 5.73 Å². The fourth-order valence-electron chi connectivity index (χ4n) is 1.86. The summed E-state index contributed by atoms with van der Waals surface area (Å²) in [4.78, 5) is 13.0. The van der Waals surface area contributed by atoms with E-state index in [4.69, 9.17) is 5.73 Å². The molecule has 0 fully saturated rings. The second-order valence-electron chi connectivity index (χ2n) is 4.00. The predicted octanol–water partition coefficient (Wildman–Crippen LogP) is 2.02. The van der Waals surface area contributed by atoms with Crippen molar-refractivity contribution < 1.29 is 4.79 Å². The second-order valence-corrected chi connectivity index (χ2v) is 4.92. The first-order valence-electron chi connectivity index (χ1n) is 5.40. The third kappa shape index (κ3) is 1.92. The SMILES string of the molecule is Cc1ccsc1C(=O)n1nc(C)c(CN)c1C. The number of nitrogens with zero attached hydrogens (tertiary/aromatic N) is 2. The monoisotopic (exact) mass is 249 g/mol. The largest absolute Gasteiger partial charge is 0.326 e. The van der Waals surface area contributed by atoms with Crippen LogP contribution in [0.4, 0.5) is 0 Å². The van der Waals surface area contributed by atoms with Crippen LogP contribution < -0.4 is 5.73 Å². The average molecular weight is 249 g/mol. The summed E-state index contributed by atoms with van der Waals surface area (Å²) >= 11 is 1.44. The maximum absolute atomic E-state index is 12.3. The first-order chi connectivity index (χ1) is 8.06. The van der Waals surface area contributed by atoms with Crippen LogP contribution in [0.5, 0.6) is 0 Å². The number of carbonyl (C=O) groups excluding carboxylic acids is 1. The molecule has 5 heteroatoms. The summed E-state index contributed by atoms with van der Waals surface area (Å²) in [5.74, 6) is -0.0715. The molecule has 2 heterocycles. The molecule has 0 spiro atoms. The second kappa shape index (κ2) is 4.43. The van der Waals surface area contributed by atoms with E-state index in [1.165, 1.54) is 16.0 Å². The molecule has 0 atom stereocenters. The summed E-state index contributed by atoms with van der Waals surface area (Å²) in [6, 6.07) is 1.94. The lowest BCUT2D eigenvalue weighted by molar-refractivity contribution is 0.0946. The van der Waals surface area contributed by atoms with E-state index < -0.39 is 0 Å². The Morgan fingerprint density at radius 3 is 2.65 bits per heavy atom. The van der Waals surface area contributed by atoms with E-state index in [1.807, 2.05) is 32.2 Å². The number of thiophene rings is 1. The minimum absolute atomic E-state index is 0.0715. The van der Waals surface area contributed by atoms with Gasteiger partial charge in [-0.2, -0.15) is 9.78 Å². The number of aryl methyl sites for hydroxylation is 2. The van der Waals surface area contributed by atoms with Gasteiger partial charge >= 0.3 is 0 Å². The van der Waals surface area contributed by atoms with Crippen LogP contribution in [0.1, 0.15) is 32.2 Å². The van der Waals surface area contributed by atoms with Crippen LogP contribution in [0, 0.1) is 20.8 Å². The summed E-state index contributed by atoms with van der Waals surface area (Å²) in [5.41, 5.74) is 9.25. The molecule has 0 amide bonds. The lowest BCUT2D eigenvalue weighted by atomic mass is 10.2. The molecule has 0 unspecified atom stereocenters. The van der Waals surface area contributed by atoms with Crippen LogP contribution in [-0.4, -0.2) is 15.7 Å². The molecule has 0 saturated carbocycles. The van der Waals surface area contributed by atoms with E-state index in [0.29, 0.717) is 6.54 Å². The van der Waals surface area contributed by atoms with Gasteiger partial charge in [0.15, 0.2) is 0 Å². The Bertz CT molecular complexity index is 568. The van der Waals surface area contributed by atoms with Crippen molar-refractivity contribution in [1.29, 1.82) is 0 Å². The van der Waals surface area contributed by atoms with Gasteiger partial charge in [-0.25, -0.2) is 0 Å². The summed E-state index contributed by atoms with van der Waals surface area (Å²) < 4.78 is 1.45. The fourth-order valence-corrected chi connectivity index (χ4v) is 2.71. The normalized spacial score (nSPS) is 10.8. The number of hydrogen-bond acceptors (Lipinski definition) is 4. The van der Waals surface area contributed by atoms with Gasteiger partial charge in [0, 0.05) is 17.8 Å². The molecule has 2 rings (SSSR count). The quantitative estimate of drug-likeness (QED) is 0.885. The van der Waals surface area contributed by atoms with Gasteiger partial charge in [-0.3, -0.25) is 4.79 Å². The van der Waals surface area contributed by atoms with Gasteiger partial charge in [0.2, 0.25) is 0 Å². The Balaban J connectivity index is 2.49. The smallest absolute Gasteiger partial charge is 0.288 e. The van der Waals surface area contributed by atoms with Gasteiger partial charge in [0.1, 0.15) is 0 Å². The molecule has 2 aromatic heterocycles. The molecule has 17 heavy (non-hydrogen) atoms. The third-order valence-electron chi connectivity index (χ3n) is 2.89. The molecule has 0 aromatic carbocycles. The lowest BCUT2D eigenvalue weighted by Crippen LogP contribution is -2.15. The van der Waals surface area contributed by atoms with Gasteiger partial charge in [0.05, 0.1) is 10.6 Å². The molecule has 2 aromatic rings. The van der Waals surface area contributed by atoms with Crippen molar-refractivity contribution in [2.24, 2.45) is 5.73 Å². The molecule has 0 bridgehead atoms. The highest BCUT2D eigenvalue weighted by molar-refractivity contribution is 7.12. The summed E-state index contributed by atoms with van der Waals surface area (Å²) in [6.45, 7) is 6.09. The Morgan fingerprint density at radius 2 is 2.18 bits per heavy atom. The van der Waals surface area contributed by atoms with Crippen molar-refractivity contribution in [3.05, 3.63) is 38.8 Å². The van der Waals surface area contributed by atoms with Crippen molar-refractivity contribution in [3.63, 3.8) is 0 Å². The number of rotatable bonds is 2. The zero-order chi connectivity index (χ0) is 12.6. The van der Waals surface area contributed by atoms with Crippen molar-refractivity contribution in [3.8, 4) is 0 Å². The van der Waals surface area contributed by atoms with E-state index >= 15 is 0 Å². The van der Waals surface area contributed by atoms with Crippen LogP contribution in [0.15, 0.2) is 11.4 Å². The van der Waals surface area contributed by atoms with Gasteiger partial charge in [-0.05, 0) is 37.8 Å². The van der Waals surface area contributed by atoms with Crippen LogP contribution in [-0.2, 0) is 6.54 Å². The Hall–Kier alpha value is -1.46. The highest BCUT2D eigenvalue weighted by atomic mass is 32.1. The van der Waals surface area contributed by atoms with Crippen LogP contribution in [0.3, 0.4) is 0 Å². The van der Waals surface area contributed by atoms with Crippen molar-refractivity contribution in [2.45, 2.75) is 27.3 Å². The first-order valence-corrected chi connectivity index (χ1v) is 6.28. The standard InChI is InChI=1S/C12H15N3OS/c1-7-4-5-17-11(7)12(16)15-9(3)10(6-13)8(2)14-15/h4-5H,6,13H2,1-3H3. The Labute approximate surface area is 104 Å². The van der Waals surface area contributed by atoms with Crippen molar-refractivity contribution in [2.75, 3.05) is 0 Å².